The van der Waals surface area contributed by atoms with Crippen LogP contribution in [0.5, 0.6) is 0 Å². The van der Waals surface area contributed by atoms with Gasteiger partial charge in [-0.05, 0) is 17.2 Å². The molecule has 0 spiro atoms. The predicted octanol–water partition coefficient (Wildman–Crippen LogP) is 3.08. The molecule has 0 aromatic heterocycles. The van der Waals surface area contributed by atoms with Crippen molar-refractivity contribution in [2.24, 2.45) is 0 Å². The fraction of sp³-hybridized carbons (Fsp3) is 0.143. The first-order valence-corrected chi connectivity index (χ1v) is 6.38. The Balaban J connectivity index is 2.76. The summed E-state index contributed by atoms with van der Waals surface area (Å²) in [5.74, 6) is -0.354. The summed E-state index contributed by atoms with van der Waals surface area (Å²) in [7, 11) is 0. The number of carbonyl (C=O) groups is 2. The minimum atomic E-state index is -0.971. The predicted molar refractivity (Wildman–Crippen MR) is 75.3 cm³/mol. The van der Waals surface area contributed by atoms with Gasteiger partial charge in [-0.2, -0.15) is 0 Å². The zero-order valence-corrected chi connectivity index (χ0v) is 10.8. The Labute approximate surface area is 110 Å². The molecule has 3 nitrogen and oxygen atoms in total. The number of aliphatic carboxylic acids is 1. The Kier molecular flexibility index (Phi) is 5.94. The molecule has 0 fully saturated rings. The highest BCUT2D eigenvalue weighted by molar-refractivity contribution is 8.13. The summed E-state index contributed by atoms with van der Waals surface area (Å²) in [6.07, 6.45) is 6.44. The fourth-order valence-corrected chi connectivity index (χ4v) is 1.74. The molecule has 0 unspecified atom stereocenters. The van der Waals surface area contributed by atoms with E-state index < -0.39 is 5.97 Å². The highest BCUT2D eigenvalue weighted by Crippen LogP contribution is 2.13. The van der Waals surface area contributed by atoms with Crippen molar-refractivity contribution in [2.45, 2.75) is 6.92 Å². The van der Waals surface area contributed by atoms with E-state index in [2.05, 4.69) is 0 Å². The molecule has 0 aliphatic rings. The molecule has 94 valence electrons. The van der Waals surface area contributed by atoms with Crippen LogP contribution in [0.2, 0.25) is 0 Å². The summed E-state index contributed by atoms with van der Waals surface area (Å²) in [5.41, 5.74) is 1.77. The maximum absolute atomic E-state index is 10.8. The second-order valence-corrected chi connectivity index (χ2v) is 4.70. The summed E-state index contributed by atoms with van der Waals surface area (Å²) in [4.78, 5) is 21.2. The number of hydrogen-bond donors (Lipinski definition) is 1. The number of benzene rings is 1. The van der Waals surface area contributed by atoms with Crippen LogP contribution >= 0.6 is 11.8 Å². The van der Waals surface area contributed by atoms with Crippen LogP contribution in [0.3, 0.4) is 0 Å². The van der Waals surface area contributed by atoms with Crippen molar-refractivity contribution in [3.05, 3.63) is 47.5 Å². The molecule has 0 radical (unpaired) electrons. The Hall–Kier alpha value is -1.81. The van der Waals surface area contributed by atoms with Crippen molar-refractivity contribution in [1.29, 1.82) is 0 Å². The molecule has 1 aromatic rings. The van der Waals surface area contributed by atoms with Gasteiger partial charge in [0.1, 0.15) is 0 Å². The Morgan fingerprint density at radius 2 is 1.83 bits per heavy atom. The third kappa shape index (κ3) is 5.50. The van der Waals surface area contributed by atoms with Crippen molar-refractivity contribution < 1.29 is 14.7 Å². The molecule has 0 atom stereocenters. The third-order valence-corrected chi connectivity index (χ3v) is 2.85. The zero-order valence-electron chi connectivity index (χ0n) is 10.00. The maximum atomic E-state index is 10.8. The summed E-state index contributed by atoms with van der Waals surface area (Å²) < 4.78 is 0. The topological polar surface area (TPSA) is 54.4 Å². The van der Waals surface area contributed by atoms with Crippen LogP contribution in [0.15, 0.2) is 36.4 Å². The average Bonchev–Trinajstić information content (AvgIpc) is 2.33. The number of hydrogen-bond acceptors (Lipinski definition) is 3. The van der Waals surface area contributed by atoms with E-state index in [1.807, 2.05) is 36.4 Å². The van der Waals surface area contributed by atoms with E-state index in [1.54, 1.807) is 6.08 Å². The lowest BCUT2D eigenvalue weighted by Crippen LogP contribution is -1.87. The van der Waals surface area contributed by atoms with Gasteiger partial charge in [0.15, 0.2) is 5.12 Å². The van der Waals surface area contributed by atoms with Crippen molar-refractivity contribution in [1.82, 2.24) is 0 Å². The molecule has 1 N–H and O–H groups in total. The number of carbonyl (C=O) groups excluding carboxylic acids is 1. The highest BCUT2D eigenvalue weighted by Gasteiger charge is 1.96. The van der Waals surface area contributed by atoms with Gasteiger partial charge in [0.2, 0.25) is 0 Å². The summed E-state index contributed by atoms with van der Waals surface area (Å²) in [6.45, 7) is 1.53. The fourth-order valence-electron chi connectivity index (χ4n) is 1.32. The minimum Gasteiger partial charge on any atom is -0.478 e. The van der Waals surface area contributed by atoms with Crippen molar-refractivity contribution in [3.63, 3.8) is 0 Å². The zero-order chi connectivity index (χ0) is 13.4. The quantitative estimate of drug-likeness (QED) is 0.828. The SMILES string of the molecule is CC(=O)SCC=Cc1ccccc1/C=C/C(=O)O. The molecule has 0 aliphatic heterocycles. The molecule has 4 heteroatoms. The van der Waals surface area contributed by atoms with Gasteiger partial charge in [-0.3, -0.25) is 4.79 Å². The molecular formula is C14H14O3S. The second kappa shape index (κ2) is 7.50. The van der Waals surface area contributed by atoms with E-state index >= 15 is 0 Å². The third-order valence-electron chi connectivity index (χ3n) is 2.08. The average molecular weight is 262 g/mol. The Bertz CT molecular complexity index is 490. The molecule has 18 heavy (non-hydrogen) atoms. The van der Waals surface area contributed by atoms with Crippen LogP contribution in [0.1, 0.15) is 18.1 Å². The van der Waals surface area contributed by atoms with Gasteiger partial charge in [-0.1, -0.05) is 48.2 Å². The number of carboxylic acids is 1. The van der Waals surface area contributed by atoms with Gasteiger partial charge in [-0.25, -0.2) is 4.79 Å². The van der Waals surface area contributed by atoms with Gasteiger partial charge < -0.3 is 5.11 Å². The van der Waals surface area contributed by atoms with Crippen LogP contribution < -0.4 is 0 Å². The van der Waals surface area contributed by atoms with Gasteiger partial charge >= 0.3 is 5.97 Å². The molecule has 0 amide bonds. The maximum Gasteiger partial charge on any atom is 0.328 e. The number of thioether (sulfide) groups is 1. The largest absolute Gasteiger partial charge is 0.478 e. The normalized spacial score (nSPS) is 11.2. The Morgan fingerprint density at radius 3 is 2.39 bits per heavy atom. The smallest absolute Gasteiger partial charge is 0.328 e. The Morgan fingerprint density at radius 1 is 1.22 bits per heavy atom. The highest BCUT2D eigenvalue weighted by atomic mass is 32.2. The van der Waals surface area contributed by atoms with E-state index in [9.17, 15) is 9.59 Å². The van der Waals surface area contributed by atoms with Crippen LogP contribution in [-0.4, -0.2) is 21.9 Å². The van der Waals surface area contributed by atoms with E-state index in [-0.39, 0.29) is 5.12 Å². The standard InChI is InChI=1S/C14H14O3S/c1-11(15)18-10-4-7-12-5-2-3-6-13(12)8-9-14(16)17/h2-9H,10H2,1H3,(H,16,17)/b7-4?,9-8+. The first kappa shape index (κ1) is 14.3. The summed E-state index contributed by atoms with van der Waals surface area (Å²) in [5, 5.41) is 8.68. The molecule has 0 saturated carbocycles. The molecule has 1 aromatic carbocycles. The van der Waals surface area contributed by atoms with Gasteiger partial charge in [-0.15, -0.1) is 0 Å². The van der Waals surface area contributed by atoms with Crippen molar-refractivity contribution in [3.8, 4) is 0 Å². The van der Waals surface area contributed by atoms with Gasteiger partial charge in [0.05, 0.1) is 0 Å². The van der Waals surface area contributed by atoms with Crippen LogP contribution in [0.25, 0.3) is 12.2 Å². The van der Waals surface area contributed by atoms with Gasteiger partial charge in [0, 0.05) is 18.8 Å². The second-order valence-electron chi connectivity index (χ2n) is 3.51. The number of rotatable bonds is 5. The lowest BCUT2D eigenvalue weighted by Gasteiger charge is -1.99. The molecule has 0 saturated heterocycles. The van der Waals surface area contributed by atoms with E-state index in [0.717, 1.165) is 17.2 Å². The van der Waals surface area contributed by atoms with Gasteiger partial charge in [0.25, 0.3) is 0 Å². The number of carboxylic acid groups (broad SMARTS) is 1. The van der Waals surface area contributed by atoms with E-state index in [0.29, 0.717) is 5.75 Å². The summed E-state index contributed by atoms with van der Waals surface area (Å²) in [6, 6.07) is 7.48. The van der Waals surface area contributed by atoms with Crippen LogP contribution in [0.4, 0.5) is 0 Å². The molecule has 0 bridgehead atoms. The van der Waals surface area contributed by atoms with E-state index in [4.69, 9.17) is 5.11 Å². The first-order valence-electron chi connectivity index (χ1n) is 5.39. The molecular weight excluding hydrogens is 248 g/mol. The molecule has 1 rings (SSSR count). The van der Waals surface area contributed by atoms with Crippen molar-refractivity contribution >= 4 is 35.0 Å². The molecule has 0 aliphatic carbocycles. The molecule has 0 heterocycles. The summed E-state index contributed by atoms with van der Waals surface area (Å²) >= 11 is 1.24. The lowest BCUT2D eigenvalue weighted by molar-refractivity contribution is -0.131. The first-order chi connectivity index (χ1) is 8.59. The van der Waals surface area contributed by atoms with Crippen LogP contribution in [0, 0.1) is 0 Å². The minimum absolute atomic E-state index is 0.0821. The van der Waals surface area contributed by atoms with Crippen LogP contribution in [-0.2, 0) is 9.59 Å². The van der Waals surface area contributed by atoms with E-state index in [1.165, 1.54) is 18.7 Å². The monoisotopic (exact) mass is 262 g/mol. The lowest BCUT2D eigenvalue weighted by atomic mass is 10.1. The van der Waals surface area contributed by atoms with Crippen molar-refractivity contribution in [2.75, 3.05) is 5.75 Å².